The lowest BCUT2D eigenvalue weighted by atomic mass is 10.1. The molecule has 0 aliphatic rings. The number of hydrogen-bond acceptors (Lipinski definition) is 5. The highest BCUT2D eigenvalue weighted by molar-refractivity contribution is 5.95. The largest absolute Gasteiger partial charge is 0.453 e. The summed E-state index contributed by atoms with van der Waals surface area (Å²) >= 11 is 0. The average Bonchev–Trinajstić information content (AvgIpc) is 2.75. The lowest BCUT2D eigenvalue weighted by Gasteiger charge is -2.15. The summed E-state index contributed by atoms with van der Waals surface area (Å²) in [5.74, 6) is 0.809. The van der Waals surface area contributed by atoms with Crippen molar-refractivity contribution in [3.05, 3.63) is 75.7 Å². The topological polar surface area (TPSA) is 85.2 Å². The fourth-order valence-electron chi connectivity index (χ4n) is 2.89. The van der Waals surface area contributed by atoms with E-state index < -0.39 is 0 Å². The van der Waals surface area contributed by atoms with E-state index in [2.05, 4.69) is 15.7 Å². The van der Waals surface area contributed by atoms with Gasteiger partial charge in [0.05, 0.1) is 6.20 Å². The smallest absolute Gasteiger partial charge is 0.294 e. The van der Waals surface area contributed by atoms with Gasteiger partial charge in [0.15, 0.2) is 11.4 Å². The van der Waals surface area contributed by atoms with Crippen LogP contribution in [0.25, 0.3) is 0 Å². The van der Waals surface area contributed by atoms with Crippen LogP contribution in [0.1, 0.15) is 34.8 Å². The second-order valence-corrected chi connectivity index (χ2v) is 7.07. The SMILES string of the molecule is CCCNC(=O)c1cccc(Nc2c(Oc3cccc(C)c3C)cnn(C)c2=O)c1. The Kier molecular flexibility index (Phi) is 6.51. The van der Waals surface area contributed by atoms with Crippen LogP contribution in [0.15, 0.2) is 53.5 Å². The van der Waals surface area contributed by atoms with Crippen molar-refractivity contribution in [1.29, 1.82) is 0 Å². The highest BCUT2D eigenvalue weighted by Crippen LogP contribution is 2.31. The van der Waals surface area contributed by atoms with Crippen molar-refractivity contribution in [3.8, 4) is 11.5 Å². The van der Waals surface area contributed by atoms with E-state index in [4.69, 9.17) is 4.74 Å². The quantitative estimate of drug-likeness (QED) is 0.618. The van der Waals surface area contributed by atoms with Crippen LogP contribution in [0.2, 0.25) is 0 Å². The van der Waals surface area contributed by atoms with Gasteiger partial charge in [0.25, 0.3) is 11.5 Å². The maximum atomic E-state index is 12.8. The van der Waals surface area contributed by atoms with Crippen LogP contribution < -0.4 is 20.9 Å². The highest BCUT2D eigenvalue weighted by Gasteiger charge is 2.15. The van der Waals surface area contributed by atoms with Gasteiger partial charge in [-0.2, -0.15) is 5.10 Å². The molecule has 0 aliphatic carbocycles. The Labute approximate surface area is 175 Å². The van der Waals surface area contributed by atoms with E-state index in [0.29, 0.717) is 29.3 Å². The predicted molar refractivity (Wildman–Crippen MR) is 118 cm³/mol. The van der Waals surface area contributed by atoms with E-state index in [1.165, 1.54) is 10.9 Å². The third-order valence-electron chi connectivity index (χ3n) is 4.81. The molecule has 2 N–H and O–H groups in total. The van der Waals surface area contributed by atoms with Gasteiger partial charge in [-0.15, -0.1) is 0 Å². The van der Waals surface area contributed by atoms with Crippen LogP contribution in [0.3, 0.4) is 0 Å². The van der Waals surface area contributed by atoms with Crippen molar-refractivity contribution in [2.45, 2.75) is 27.2 Å². The molecule has 0 radical (unpaired) electrons. The number of anilines is 2. The zero-order valence-electron chi connectivity index (χ0n) is 17.7. The highest BCUT2D eigenvalue weighted by atomic mass is 16.5. The molecule has 2 aromatic carbocycles. The summed E-state index contributed by atoms with van der Waals surface area (Å²) in [7, 11) is 1.57. The number of amides is 1. The Morgan fingerprint density at radius 3 is 2.67 bits per heavy atom. The fourth-order valence-corrected chi connectivity index (χ4v) is 2.89. The van der Waals surface area contributed by atoms with Crippen LogP contribution in [0, 0.1) is 13.8 Å². The second kappa shape index (κ2) is 9.26. The first-order chi connectivity index (χ1) is 14.4. The molecule has 0 spiro atoms. The minimum Gasteiger partial charge on any atom is -0.453 e. The number of rotatable bonds is 7. The number of ether oxygens (including phenoxy) is 1. The molecule has 3 aromatic rings. The van der Waals surface area contributed by atoms with E-state index >= 15 is 0 Å². The molecule has 1 amide bonds. The van der Waals surface area contributed by atoms with Crippen LogP contribution in [-0.4, -0.2) is 22.2 Å². The first-order valence-corrected chi connectivity index (χ1v) is 9.86. The van der Waals surface area contributed by atoms with Gasteiger partial charge in [0.2, 0.25) is 0 Å². The number of carbonyl (C=O) groups is 1. The Balaban J connectivity index is 1.94. The number of aromatic nitrogens is 2. The maximum Gasteiger partial charge on any atom is 0.294 e. The van der Waals surface area contributed by atoms with Crippen molar-refractivity contribution in [2.24, 2.45) is 7.05 Å². The molecule has 0 saturated heterocycles. The second-order valence-electron chi connectivity index (χ2n) is 7.07. The number of carbonyl (C=O) groups excluding carboxylic acids is 1. The molecule has 1 heterocycles. The minimum absolute atomic E-state index is 0.157. The summed E-state index contributed by atoms with van der Waals surface area (Å²) in [5, 5.41) is 10.0. The lowest BCUT2D eigenvalue weighted by molar-refractivity contribution is 0.0953. The summed E-state index contributed by atoms with van der Waals surface area (Å²) in [6.07, 6.45) is 2.36. The molecule has 7 heteroatoms. The van der Waals surface area contributed by atoms with E-state index in [0.717, 1.165) is 17.5 Å². The maximum absolute atomic E-state index is 12.8. The van der Waals surface area contributed by atoms with Gasteiger partial charge in [-0.1, -0.05) is 25.1 Å². The van der Waals surface area contributed by atoms with Crippen LogP contribution in [0.4, 0.5) is 11.4 Å². The molecule has 156 valence electrons. The third kappa shape index (κ3) is 4.68. The Hall–Kier alpha value is -3.61. The molecule has 0 unspecified atom stereocenters. The van der Waals surface area contributed by atoms with Crippen LogP contribution in [0.5, 0.6) is 11.5 Å². The number of aryl methyl sites for hydroxylation is 2. The Morgan fingerprint density at radius 1 is 1.13 bits per heavy atom. The van der Waals surface area contributed by atoms with Gasteiger partial charge >= 0.3 is 0 Å². The first kappa shape index (κ1) is 21.1. The summed E-state index contributed by atoms with van der Waals surface area (Å²) in [5.41, 5.74) is 3.10. The molecule has 0 saturated carbocycles. The van der Waals surface area contributed by atoms with E-state index in [9.17, 15) is 9.59 Å². The normalized spacial score (nSPS) is 10.5. The van der Waals surface area contributed by atoms with Gasteiger partial charge < -0.3 is 15.4 Å². The van der Waals surface area contributed by atoms with Crippen molar-refractivity contribution in [2.75, 3.05) is 11.9 Å². The van der Waals surface area contributed by atoms with E-state index in [1.807, 2.05) is 39.0 Å². The number of nitrogens with zero attached hydrogens (tertiary/aromatic N) is 2. The fraction of sp³-hybridized carbons (Fsp3) is 0.261. The van der Waals surface area contributed by atoms with Gasteiger partial charge in [-0.3, -0.25) is 9.59 Å². The number of hydrogen-bond donors (Lipinski definition) is 2. The van der Waals surface area contributed by atoms with Crippen molar-refractivity contribution in [1.82, 2.24) is 15.1 Å². The monoisotopic (exact) mass is 406 g/mol. The predicted octanol–water partition coefficient (Wildman–Crippen LogP) is 4.07. The summed E-state index contributed by atoms with van der Waals surface area (Å²) in [4.78, 5) is 25.0. The zero-order valence-corrected chi connectivity index (χ0v) is 17.7. The van der Waals surface area contributed by atoms with Gasteiger partial charge in [0, 0.05) is 24.8 Å². The standard InChI is InChI=1S/C23H26N4O3/c1-5-12-24-22(28)17-9-7-10-18(13-17)26-21-20(14-25-27(4)23(21)29)30-19-11-6-8-15(2)16(19)3/h6-11,13-14,26H,5,12H2,1-4H3,(H,24,28). The summed E-state index contributed by atoms with van der Waals surface area (Å²) in [6.45, 7) is 6.56. The molecule has 1 aromatic heterocycles. The molecule has 0 bridgehead atoms. The van der Waals surface area contributed by atoms with Gasteiger partial charge in [-0.05, 0) is 55.7 Å². The number of nitrogens with one attached hydrogen (secondary N) is 2. The molecule has 0 fully saturated rings. The molecular formula is C23H26N4O3. The average molecular weight is 406 g/mol. The van der Waals surface area contributed by atoms with Crippen molar-refractivity contribution in [3.63, 3.8) is 0 Å². The summed E-state index contributed by atoms with van der Waals surface area (Å²) in [6, 6.07) is 12.7. The van der Waals surface area contributed by atoms with E-state index in [-0.39, 0.29) is 17.2 Å². The van der Waals surface area contributed by atoms with E-state index in [1.54, 1.807) is 31.3 Å². The number of benzene rings is 2. The minimum atomic E-state index is -0.335. The third-order valence-corrected chi connectivity index (χ3v) is 4.81. The Morgan fingerprint density at radius 2 is 1.90 bits per heavy atom. The zero-order chi connectivity index (χ0) is 21.7. The van der Waals surface area contributed by atoms with Crippen molar-refractivity contribution >= 4 is 17.3 Å². The summed E-state index contributed by atoms with van der Waals surface area (Å²) < 4.78 is 7.27. The van der Waals surface area contributed by atoms with Crippen LogP contribution in [-0.2, 0) is 7.05 Å². The molecule has 0 aliphatic heterocycles. The first-order valence-electron chi connectivity index (χ1n) is 9.86. The van der Waals surface area contributed by atoms with Gasteiger partial charge in [-0.25, -0.2) is 4.68 Å². The lowest BCUT2D eigenvalue weighted by Crippen LogP contribution is -2.24. The molecular weight excluding hydrogens is 380 g/mol. The molecule has 0 atom stereocenters. The molecule has 30 heavy (non-hydrogen) atoms. The molecule has 3 rings (SSSR count). The van der Waals surface area contributed by atoms with Crippen LogP contribution >= 0.6 is 0 Å². The Bertz CT molecular complexity index is 1120. The van der Waals surface area contributed by atoms with Crippen molar-refractivity contribution < 1.29 is 9.53 Å². The van der Waals surface area contributed by atoms with Gasteiger partial charge in [0.1, 0.15) is 5.75 Å². The molecule has 7 nitrogen and oxygen atoms in total.